The molecule has 0 saturated heterocycles. The molecule has 5 heteroatoms. The van der Waals surface area contributed by atoms with Gasteiger partial charge in [-0.3, -0.25) is 4.79 Å². The van der Waals surface area contributed by atoms with Crippen LogP contribution in [0.15, 0.2) is 58.2 Å². The molecule has 1 aromatic heterocycles. The molecule has 1 amide bonds. The van der Waals surface area contributed by atoms with E-state index >= 15 is 0 Å². The molecule has 2 aromatic carbocycles. The molecule has 1 heterocycles. The van der Waals surface area contributed by atoms with Crippen molar-refractivity contribution in [1.29, 1.82) is 0 Å². The molecule has 0 aliphatic carbocycles. The lowest BCUT2D eigenvalue weighted by molar-refractivity contribution is -0.119. The Balaban J connectivity index is 1.52. The van der Waals surface area contributed by atoms with Gasteiger partial charge in [0.1, 0.15) is 5.52 Å². The van der Waals surface area contributed by atoms with Gasteiger partial charge >= 0.3 is 0 Å². The van der Waals surface area contributed by atoms with Crippen LogP contribution in [0.5, 0.6) is 0 Å². The van der Waals surface area contributed by atoms with Gasteiger partial charge in [-0.1, -0.05) is 62.0 Å². The van der Waals surface area contributed by atoms with Crippen LogP contribution in [0.3, 0.4) is 0 Å². The minimum atomic E-state index is -0.0315. The third kappa shape index (κ3) is 4.88. The van der Waals surface area contributed by atoms with E-state index in [1.165, 1.54) is 17.3 Å². The Morgan fingerprint density at radius 2 is 1.85 bits per heavy atom. The molecule has 0 spiro atoms. The van der Waals surface area contributed by atoms with Crippen LogP contribution in [0, 0.1) is 5.92 Å². The predicted octanol–water partition coefficient (Wildman–Crippen LogP) is 5.00. The van der Waals surface area contributed by atoms with Crippen molar-refractivity contribution in [1.82, 2.24) is 10.3 Å². The zero-order valence-corrected chi connectivity index (χ0v) is 16.2. The summed E-state index contributed by atoms with van der Waals surface area (Å²) in [5.74, 6) is 0.889. The van der Waals surface area contributed by atoms with Gasteiger partial charge in [-0.2, -0.15) is 0 Å². The first-order valence-electron chi connectivity index (χ1n) is 8.88. The predicted molar refractivity (Wildman–Crippen MR) is 106 cm³/mol. The van der Waals surface area contributed by atoms with Gasteiger partial charge in [-0.05, 0) is 42.5 Å². The van der Waals surface area contributed by atoms with Crippen molar-refractivity contribution in [3.63, 3.8) is 0 Å². The number of fused-ring (bicyclic) bond motifs is 1. The van der Waals surface area contributed by atoms with Crippen LogP contribution in [-0.4, -0.2) is 16.6 Å². The summed E-state index contributed by atoms with van der Waals surface area (Å²) in [7, 11) is 0. The average Bonchev–Trinajstić information content (AvgIpc) is 3.03. The number of aromatic nitrogens is 1. The number of nitrogens with one attached hydrogen (secondary N) is 1. The van der Waals surface area contributed by atoms with Crippen LogP contribution >= 0.6 is 11.8 Å². The molecular formula is C21H24N2O2S. The third-order valence-corrected chi connectivity index (χ3v) is 4.93. The number of hydrogen-bond acceptors (Lipinski definition) is 4. The van der Waals surface area contributed by atoms with Crippen molar-refractivity contribution in [2.24, 2.45) is 5.92 Å². The summed E-state index contributed by atoms with van der Waals surface area (Å²) in [5.41, 5.74) is 3.99. The Labute approximate surface area is 158 Å². The molecule has 0 fully saturated rings. The average molecular weight is 369 g/mol. The van der Waals surface area contributed by atoms with E-state index in [9.17, 15) is 4.79 Å². The highest BCUT2D eigenvalue weighted by Gasteiger charge is 2.12. The SMILES string of the molecule is CC(C)Cc1ccc([C@@H](C)NC(=O)CSc2nc3ccccc3o2)cc1. The highest BCUT2D eigenvalue weighted by atomic mass is 32.2. The molecule has 0 saturated carbocycles. The molecule has 3 rings (SSSR count). The molecule has 3 aromatic rings. The van der Waals surface area contributed by atoms with Crippen molar-refractivity contribution < 1.29 is 9.21 Å². The van der Waals surface area contributed by atoms with E-state index in [1.807, 2.05) is 31.2 Å². The highest BCUT2D eigenvalue weighted by Crippen LogP contribution is 2.23. The number of thioether (sulfide) groups is 1. The monoisotopic (exact) mass is 368 g/mol. The van der Waals surface area contributed by atoms with E-state index in [0.29, 0.717) is 11.1 Å². The largest absolute Gasteiger partial charge is 0.431 e. The van der Waals surface area contributed by atoms with E-state index in [1.54, 1.807) is 0 Å². The van der Waals surface area contributed by atoms with E-state index in [-0.39, 0.29) is 17.7 Å². The Hall–Kier alpha value is -2.27. The quantitative estimate of drug-likeness (QED) is 0.597. The van der Waals surface area contributed by atoms with Crippen molar-refractivity contribution in [2.75, 3.05) is 5.75 Å². The Morgan fingerprint density at radius 1 is 1.12 bits per heavy atom. The Kier molecular flexibility index (Phi) is 5.99. The first kappa shape index (κ1) is 18.5. The molecule has 4 nitrogen and oxygen atoms in total. The van der Waals surface area contributed by atoms with E-state index in [2.05, 4.69) is 48.4 Å². The van der Waals surface area contributed by atoms with Crippen molar-refractivity contribution in [2.45, 2.75) is 38.5 Å². The fourth-order valence-corrected chi connectivity index (χ4v) is 3.47. The zero-order chi connectivity index (χ0) is 18.5. The summed E-state index contributed by atoms with van der Waals surface area (Å²) in [6.07, 6.45) is 1.07. The molecule has 1 atom stereocenters. The van der Waals surface area contributed by atoms with E-state index in [4.69, 9.17) is 4.42 Å². The summed E-state index contributed by atoms with van der Waals surface area (Å²) in [6.45, 7) is 6.43. The maximum atomic E-state index is 12.2. The third-order valence-electron chi connectivity index (χ3n) is 4.10. The summed E-state index contributed by atoms with van der Waals surface area (Å²) in [5, 5.41) is 3.55. The van der Waals surface area contributed by atoms with Gasteiger partial charge in [0.25, 0.3) is 5.22 Å². The van der Waals surface area contributed by atoms with Crippen molar-refractivity contribution >= 4 is 28.8 Å². The molecule has 0 bridgehead atoms. The van der Waals surface area contributed by atoms with Crippen LogP contribution < -0.4 is 5.32 Å². The zero-order valence-electron chi connectivity index (χ0n) is 15.4. The van der Waals surface area contributed by atoms with Gasteiger partial charge in [0.15, 0.2) is 5.58 Å². The standard InChI is InChI=1S/C21H24N2O2S/c1-14(2)12-16-8-10-17(11-9-16)15(3)22-20(24)13-26-21-23-18-6-4-5-7-19(18)25-21/h4-11,14-15H,12-13H2,1-3H3,(H,22,24)/t15-/m1/s1. The molecule has 0 unspecified atom stereocenters. The maximum Gasteiger partial charge on any atom is 0.257 e. The first-order chi connectivity index (χ1) is 12.5. The molecule has 1 N–H and O–H groups in total. The molecule has 0 aliphatic heterocycles. The topological polar surface area (TPSA) is 55.1 Å². The molecular weight excluding hydrogens is 344 g/mol. The number of para-hydroxylation sites is 2. The normalized spacial score (nSPS) is 12.5. The summed E-state index contributed by atoms with van der Waals surface area (Å²) in [6, 6.07) is 16.0. The van der Waals surface area contributed by atoms with Gasteiger partial charge in [-0.25, -0.2) is 4.98 Å². The van der Waals surface area contributed by atoms with Gasteiger partial charge in [0.05, 0.1) is 11.8 Å². The number of amides is 1. The maximum absolute atomic E-state index is 12.2. The van der Waals surface area contributed by atoms with Crippen LogP contribution in [0.4, 0.5) is 0 Å². The van der Waals surface area contributed by atoms with Gasteiger partial charge < -0.3 is 9.73 Å². The highest BCUT2D eigenvalue weighted by molar-refractivity contribution is 7.99. The second-order valence-electron chi connectivity index (χ2n) is 6.86. The second kappa shape index (κ2) is 8.41. The van der Waals surface area contributed by atoms with Crippen LogP contribution in [0.2, 0.25) is 0 Å². The van der Waals surface area contributed by atoms with Crippen LogP contribution in [0.1, 0.15) is 37.9 Å². The van der Waals surface area contributed by atoms with Crippen molar-refractivity contribution in [3.8, 4) is 0 Å². The smallest absolute Gasteiger partial charge is 0.257 e. The fourth-order valence-electron chi connectivity index (χ4n) is 2.82. The number of carbonyl (C=O) groups is 1. The van der Waals surface area contributed by atoms with Crippen LogP contribution in [-0.2, 0) is 11.2 Å². The number of oxazole rings is 1. The van der Waals surface area contributed by atoms with Crippen molar-refractivity contribution in [3.05, 3.63) is 59.7 Å². The molecule has 26 heavy (non-hydrogen) atoms. The lowest BCUT2D eigenvalue weighted by Gasteiger charge is -2.15. The minimum Gasteiger partial charge on any atom is -0.431 e. The Morgan fingerprint density at radius 3 is 2.54 bits per heavy atom. The van der Waals surface area contributed by atoms with Gasteiger partial charge in [-0.15, -0.1) is 0 Å². The van der Waals surface area contributed by atoms with E-state index < -0.39 is 0 Å². The number of benzene rings is 2. The first-order valence-corrected chi connectivity index (χ1v) is 9.86. The number of carbonyl (C=O) groups excluding carboxylic acids is 1. The minimum absolute atomic E-state index is 0.0279. The second-order valence-corrected chi connectivity index (χ2v) is 7.79. The lowest BCUT2D eigenvalue weighted by atomic mass is 10.00. The number of rotatable bonds is 7. The number of nitrogens with zero attached hydrogens (tertiary/aromatic N) is 1. The summed E-state index contributed by atoms with van der Waals surface area (Å²) < 4.78 is 5.62. The molecule has 0 radical (unpaired) electrons. The summed E-state index contributed by atoms with van der Waals surface area (Å²) >= 11 is 1.31. The van der Waals surface area contributed by atoms with Crippen LogP contribution in [0.25, 0.3) is 11.1 Å². The summed E-state index contributed by atoms with van der Waals surface area (Å²) in [4.78, 5) is 16.6. The Bertz CT molecular complexity index is 838. The lowest BCUT2D eigenvalue weighted by Crippen LogP contribution is -2.28. The van der Waals surface area contributed by atoms with Gasteiger partial charge in [0.2, 0.25) is 5.91 Å². The van der Waals surface area contributed by atoms with Gasteiger partial charge in [0, 0.05) is 0 Å². The molecule has 0 aliphatic rings. The fraction of sp³-hybridized carbons (Fsp3) is 0.333. The van der Waals surface area contributed by atoms with E-state index in [0.717, 1.165) is 23.1 Å². The molecule has 136 valence electrons. The number of hydrogen-bond donors (Lipinski definition) is 1.